The Morgan fingerprint density at radius 2 is 1.06 bits per heavy atom. The molecular weight excluding hydrogens is 1050 g/mol. The summed E-state index contributed by atoms with van der Waals surface area (Å²) in [6, 6.07) is -10.0. The van der Waals surface area contributed by atoms with E-state index in [0.717, 1.165) is 12.8 Å². The summed E-state index contributed by atoms with van der Waals surface area (Å²) in [6.07, 6.45) is -1.96. The molecule has 8 amide bonds. The first-order chi connectivity index (χ1) is 38.1. The summed E-state index contributed by atoms with van der Waals surface area (Å²) in [6.45, 7) is 13.1. The van der Waals surface area contributed by atoms with Crippen LogP contribution in [-0.2, 0) is 52.7 Å². The largest absolute Gasteiger partial charge is 0.391 e. The molecule has 0 bridgehead atoms. The smallest absolute Gasteiger partial charge is 0.245 e. The molecule has 1 aliphatic heterocycles. The molecule has 0 aromatic heterocycles. The molecule has 0 spiro atoms. The molecule has 26 heteroatoms. The monoisotopic (exact) mass is 1150 g/mol. The Labute approximate surface area is 478 Å². The number of aliphatic hydroxyl groups is 2. The van der Waals surface area contributed by atoms with Crippen LogP contribution in [0.5, 0.6) is 0 Å². The Balaban J connectivity index is 3.83. The quantitative estimate of drug-likeness (QED) is 0.0329. The first-order valence-corrected chi connectivity index (χ1v) is 29.0. The van der Waals surface area contributed by atoms with Crippen molar-refractivity contribution in [3.05, 3.63) is 0 Å². The van der Waals surface area contributed by atoms with Crippen LogP contribution in [0.1, 0.15) is 152 Å². The zero-order valence-electron chi connectivity index (χ0n) is 49.3. The van der Waals surface area contributed by atoms with Crippen molar-refractivity contribution in [1.82, 2.24) is 42.5 Å². The van der Waals surface area contributed by atoms with Gasteiger partial charge in [0.05, 0.1) is 18.2 Å². The molecule has 12 atom stereocenters. The van der Waals surface area contributed by atoms with Crippen molar-refractivity contribution < 1.29 is 63.0 Å². The third kappa shape index (κ3) is 27.9. The number of aliphatic hydroxyl groups excluding tert-OH is 2. The van der Waals surface area contributed by atoms with Crippen molar-refractivity contribution in [2.24, 2.45) is 64.2 Å². The number of rotatable bonds is 30. The number of hydrogen-bond donors (Lipinski definition) is 15. The molecule has 26 nitrogen and oxygen atoms in total. The zero-order chi connectivity index (χ0) is 61.5. The summed E-state index contributed by atoms with van der Waals surface area (Å²) >= 11 is 0. The van der Waals surface area contributed by atoms with Gasteiger partial charge in [0, 0.05) is 50.0 Å². The second kappa shape index (κ2) is 39.1. The number of nitrogens with one attached hydrogen (secondary N) is 8. The van der Waals surface area contributed by atoms with E-state index in [2.05, 4.69) is 56.4 Å². The van der Waals surface area contributed by atoms with Crippen LogP contribution in [-0.4, -0.2) is 169 Å². The van der Waals surface area contributed by atoms with Gasteiger partial charge < -0.3 is 81.4 Å². The van der Waals surface area contributed by atoms with E-state index >= 15 is 0 Å². The highest BCUT2D eigenvalue weighted by atomic mass is 16.3. The summed E-state index contributed by atoms with van der Waals surface area (Å²) in [7, 11) is 0. The molecule has 0 saturated carbocycles. The molecule has 1 heterocycles. The van der Waals surface area contributed by atoms with Crippen LogP contribution < -0.4 is 71.2 Å². The molecular formula is C55H101N13O13. The maximum Gasteiger partial charge on any atom is 0.245 e. The van der Waals surface area contributed by atoms with Gasteiger partial charge in [0.15, 0.2) is 11.6 Å². The Hall–Kier alpha value is -5.51. The topological polar surface area (TPSA) is 455 Å². The second-order valence-electron chi connectivity index (χ2n) is 22.8. The van der Waals surface area contributed by atoms with E-state index in [1.807, 2.05) is 27.7 Å². The van der Waals surface area contributed by atoms with Crippen LogP contribution in [0.2, 0.25) is 0 Å². The standard InChI is InChI=1S/C55H101N13O13/c1-30(2)11-9-10-12-38(71)27-35(13-19-56)49(75)67-46(33(7)69)45(73)28-36(14-20-57)48(74)63-42-18-24-61-55(81)47(34(8)70)68-53(79)41(17-23-60)64-51(77)40(16-22-59)65-54(80)43(26-32(5)6)66-50(76)37(25-31(3)4)29-44(72)39(15-21-58)62-52(42)78/h30-37,39-43,46-47,69-70H,9-29,56-60H2,1-8H3,(H,61,81)(H,62,78)(H,63,74)(H,64,77)(H,65,80)(H,66,76)(H,67,75)(H,68,79)/t33-,34-,35-,36-,37+,39+,40+,41+,42+,43+,46+,47+/m1/s1. The highest BCUT2D eigenvalue weighted by Gasteiger charge is 2.38. The summed E-state index contributed by atoms with van der Waals surface area (Å²) in [5.41, 5.74) is 29.4. The first kappa shape index (κ1) is 73.5. The van der Waals surface area contributed by atoms with Gasteiger partial charge in [-0.15, -0.1) is 0 Å². The van der Waals surface area contributed by atoms with Crippen molar-refractivity contribution in [3.8, 4) is 0 Å². The average molecular weight is 1150 g/mol. The molecule has 1 aliphatic rings. The van der Waals surface area contributed by atoms with Crippen LogP contribution in [0.3, 0.4) is 0 Å². The minimum absolute atomic E-state index is 0.0607. The second-order valence-corrected chi connectivity index (χ2v) is 22.8. The van der Waals surface area contributed by atoms with Crippen molar-refractivity contribution in [2.45, 2.75) is 206 Å². The van der Waals surface area contributed by atoms with Gasteiger partial charge in [0.2, 0.25) is 47.3 Å². The molecule has 0 aliphatic carbocycles. The normalized spacial score (nSPS) is 23.4. The van der Waals surface area contributed by atoms with Crippen molar-refractivity contribution in [3.63, 3.8) is 0 Å². The lowest BCUT2D eigenvalue weighted by molar-refractivity contribution is -0.137. The lowest BCUT2D eigenvalue weighted by atomic mass is 9.88. The molecule has 1 fully saturated rings. The van der Waals surface area contributed by atoms with Crippen LogP contribution >= 0.6 is 0 Å². The summed E-state index contributed by atoms with van der Waals surface area (Å²) < 4.78 is 0. The molecule has 0 aromatic rings. The molecule has 0 unspecified atom stereocenters. The van der Waals surface area contributed by atoms with E-state index in [1.165, 1.54) is 13.8 Å². The number of nitrogens with two attached hydrogens (primary N) is 5. The maximum absolute atomic E-state index is 14.5. The van der Waals surface area contributed by atoms with Gasteiger partial charge in [0.1, 0.15) is 42.0 Å². The Morgan fingerprint density at radius 1 is 0.556 bits per heavy atom. The molecule has 1 saturated heterocycles. The lowest BCUT2D eigenvalue weighted by Crippen LogP contribution is -2.60. The summed E-state index contributed by atoms with van der Waals surface area (Å²) in [5, 5.41) is 42.3. The predicted molar refractivity (Wildman–Crippen MR) is 304 cm³/mol. The highest BCUT2D eigenvalue weighted by molar-refractivity contribution is 5.99. The van der Waals surface area contributed by atoms with Crippen molar-refractivity contribution >= 4 is 64.6 Å². The van der Waals surface area contributed by atoms with E-state index in [-0.39, 0.29) is 108 Å². The van der Waals surface area contributed by atoms with Gasteiger partial charge in [-0.05, 0) is 122 Å². The van der Waals surface area contributed by atoms with Gasteiger partial charge >= 0.3 is 0 Å². The molecule has 0 radical (unpaired) electrons. The number of hydrogen-bond acceptors (Lipinski definition) is 18. The van der Waals surface area contributed by atoms with Crippen molar-refractivity contribution in [2.75, 3.05) is 39.3 Å². The molecule has 464 valence electrons. The number of Topliss-reactive ketones (excluding diaryl/α,β-unsaturated/α-hetero) is 3. The zero-order valence-corrected chi connectivity index (χ0v) is 49.3. The van der Waals surface area contributed by atoms with Gasteiger partial charge in [-0.3, -0.25) is 52.7 Å². The summed E-state index contributed by atoms with van der Waals surface area (Å²) in [4.78, 5) is 153. The van der Waals surface area contributed by atoms with E-state index < -0.39 is 157 Å². The van der Waals surface area contributed by atoms with Crippen LogP contribution in [0.25, 0.3) is 0 Å². The van der Waals surface area contributed by atoms with E-state index in [1.54, 1.807) is 0 Å². The Morgan fingerprint density at radius 3 is 1.57 bits per heavy atom. The molecule has 0 aromatic carbocycles. The number of unbranched alkanes of at least 4 members (excludes halogenated alkanes) is 1. The molecule has 1 rings (SSSR count). The SMILES string of the molecule is CC(C)CCCCC(=O)C[C@@H](CCN)C(=O)N[C@H](C(=O)C[C@@H](CCN)C(=O)N[C@H]1CCNC(=O)[C@H]([C@@H](C)O)NC(=O)[C@H](CCN)NC(=O)[C@H](CCN)NC(=O)[C@H](CC(C)C)NC(=O)[C@@H](CC(C)C)CC(=O)[C@H](CCN)NC1=O)[C@@H](C)O. The molecule has 81 heavy (non-hydrogen) atoms. The fraction of sp³-hybridized carbons (Fsp3) is 0.800. The van der Waals surface area contributed by atoms with Crippen LogP contribution in [0, 0.1) is 35.5 Å². The van der Waals surface area contributed by atoms with Gasteiger partial charge in [-0.1, -0.05) is 54.4 Å². The number of ketones is 3. The Kier molecular flexibility index (Phi) is 35.4. The van der Waals surface area contributed by atoms with Gasteiger partial charge in [-0.25, -0.2) is 0 Å². The average Bonchev–Trinajstić information content (AvgIpc) is 3.41. The minimum Gasteiger partial charge on any atom is -0.391 e. The van der Waals surface area contributed by atoms with E-state index in [9.17, 15) is 63.0 Å². The predicted octanol–water partition coefficient (Wildman–Crippen LogP) is -2.56. The third-order valence-electron chi connectivity index (χ3n) is 14.0. The summed E-state index contributed by atoms with van der Waals surface area (Å²) in [5.74, 6) is -11.2. The lowest BCUT2D eigenvalue weighted by Gasteiger charge is -2.28. The minimum atomic E-state index is -1.66. The fourth-order valence-corrected chi connectivity index (χ4v) is 9.48. The molecule has 20 N–H and O–H groups in total. The van der Waals surface area contributed by atoms with Gasteiger partial charge in [0.25, 0.3) is 0 Å². The van der Waals surface area contributed by atoms with E-state index in [4.69, 9.17) is 28.7 Å². The fourth-order valence-electron chi connectivity index (χ4n) is 9.48. The number of carbonyl (C=O) groups excluding carboxylic acids is 11. The highest BCUT2D eigenvalue weighted by Crippen LogP contribution is 2.21. The van der Waals surface area contributed by atoms with E-state index in [0.29, 0.717) is 12.3 Å². The number of amides is 8. The van der Waals surface area contributed by atoms with Crippen molar-refractivity contribution in [1.29, 1.82) is 0 Å². The first-order valence-electron chi connectivity index (χ1n) is 29.0. The maximum atomic E-state index is 14.5. The Bertz CT molecular complexity index is 2040. The van der Waals surface area contributed by atoms with Crippen LogP contribution in [0.4, 0.5) is 0 Å². The van der Waals surface area contributed by atoms with Gasteiger partial charge in [-0.2, -0.15) is 0 Å². The third-order valence-corrected chi connectivity index (χ3v) is 14.0. The van der Waals surface area contributed by atoms with Crippen LogP contribution in [0.15, 0.2) is 0 Å². The number of carbonyl (C=O) groups is 11.